The lowest BCUT2D eigenvalue weighted by Gasteiger charge is -2.61. The molecule has 0 aliphatic heterocycles. The van der Waals surface area contributed by atoms with Crippen LogP contribution in [0.25, 0.3) is 0 Å². The molecule has 4 saturated carbocycles. The van der Waals surface area contributed by atoms with Gasteiger partial charge in [0, 0.05) is 5.57 Å². The summed E-state index contributed by atoms with van der Waals surface area (Å²) < 4.78 is 108. The molecule has 32 heavy (non-hydrogen) atoms. The van der Waals surface area contributed by atoms with Crippen LogP contribution in [0.1, 0.15) is 51.9 Å². The molecule has 13 heteroatoms. The molecule has 4 aliphatic carbocycles. The van der Waals surface area contributed by atoms with Gasteiger partial charge in [-0.05, 0) is 62.7 Å². The SMILES string of the molecule is C=C(C)C(=O)OC12CC3CC(CC(CC(=O)OC(C(F)(F)F)C(F)(F)S(=O)(=O)[O-])(C3)C1)C2. The van der Waals surface area contributed by atoms with Crippen LogP contribution in [0.4, 0.5) is 22.0 Å². The summed E-state index contributed by atoms with van der Waals surface area (Å²) in [5.41, 5.74) is -1.73. The second kappa shape index (κ2) is 7.64. The Bertz CT molecular complexity index is 913. The summed E-state index contributed by atoms with van der Waals surface area (Å²) in [6.45, 7) is 4.97. The zero-order chi connectivity index (χ0) is 24.3. The van der Waals surface area contributed by atoms with Crippen LogP contribution in [-0.2, 0) is 29.2 Å². The van der Waals surface area contributed by atoms with Crippen molar-refractivity contribution in [1.29, 1.82) is 0 Å². The molecule has 0 N–H and O–H groups in total. The van der Waals surface area contributed by atoms with E-state index in [0.717, 1.165) is 6.42 Å². The molecule has 7 nitrogen and oxygen atoms in total. The third-order valence-corrected chi connectivity index (χ3v) is 7.37. The van der Waals surface area contributed by atoms with Crippen molar-refractivity contribution in [3.8, 4) is 0 Å². The lowest BCUT2D eigenvalue weighted by Crippen LogP contribution is -2.58. The molecule has 3 unspecified atom stereocenters. The van der Waals surface area contributed by atoms with Crippen LogP contribution in [0.3, 0.4) is 0 Å². The van der Waals surface area contributed by atoms with E-state index in [0.29, 0.717) is 25.7 Å². The average molecular weight is 489 g/mol. The number of ether oxygens (including phenoxy) is 2. The summed E-state index contributed by atoms with van der Waals surface area (Å²) in [4.78, 5) is 24.4. The Balaban J connectivity index is 1.81. The highest BCUT2D eigenvalue weighted by atomic mass is 32.2. The predicted octanol–water partition coefficient (Wildman–Crippen LogP) is 3.45. The monoisotopic (exact) mass is 489 g/mol. The van der Waals surface area contributed by atoms with Crippen molar-refractivity contribution in [2.24, 2.45) is 17.3 Å². The summed E-state index contributed by atoms with van der Waals surface area (Å²) >= 11 is 0. The van der Waals surface area contributed by atoms with Gasteiger partial charge in [0.15, 0.2) is 10.1 Å². The summed E-state index contributed by atoms with van der Waals surface area (Å²) in [6.07, 6.45) is -8.38. The van der Waals surface area contributed by atoms with Crippen LogP contribution < -0.4 is 0 Å². The van der Waals surface area contributed by atoms with Gasteiger partial charge >= 0.3 is 23.4 Å². The number of hydrogen-bond donors (Lipinski definition) is 0. The van der Waals surface area contributed by atoms with Crippen LogP contribution >= 0.6 is 0 Å². The summed E-state index contributed by atoms with van der Waals surface area (Å²) in [7, 11) is -6.76. The maximum absolute atomic E-state index is 13.7. The molecular weight excluding hydrogens is 467 g/mol. The highest BCUT2D eigenvalue weighted by Gasteiger charge is 2.64. The Morgan fingerprint density at radius 1 is 1.12 bits per heavy atom. The zero-order valence-corrected chi connectivity index (χ0v) is 17.9. The first kappa shape index (κ1) is 24.9. The Morgan fingerprint density at radius 3 is 2.09 bits per heavy atom. The zero-order valence-electron chi connectivity index (χ0n) is 17.0. The van der Waals surface area contributed by atoms with Crippen LogP contribution in [-0.4, -0.2) is 48.0 Å². The van der Waals surface area contributed by atoms with E-state index in [4.69, 9.17) is 4.74 Å². The maximum Gasteiger partial charge on any atom is 0.432 e. The van der Waals surface area contributed by atoms with Crippen LogP contribution in [0.5, 0.6) is 0 Å². The Hall–Kier alpha value is -1.76. The fourth-order valence-electron chi connectivity index (χ4n) is 5.91. The van der Waals surface area contributed by atoms with Gasteiger partial charge < -0.3 is 14.0 Å². The first-order valence-electron chi connectivity index (χ1n) is 9.86. The molecule has 0 aromatic heterocycles. The van der Waals surface area contributed by atoms with E-state index in [2.05, 4.69) is 11.3 Å². The van der Waals surface area contributed by atoms with Crippen molar-refractivity contribution in [1.82, 2.24) is 0 Å². The number of alkyl halides is 5. The third kappa shape index (κ3) is 4.63. The fourth-order valence-corrected chi connectivity index (χ4v) is 6.36. The van der Waals surface area contributed by atoms with Crippen LogP contribution in [0.15, 0.2) is 12.2 Å². The molecule has 4 fully saturated rings. The predicted molar refractivity (Wildman–Crippen MR) is 95.9 cm³/mol. The number of hydrogen-bond acceptors (Lipinski definition) is 7. The van der Waals surface area contributed by atoms with Gasteiger partial charge in [-0.15, -0.1) is 0 Å². The first-order valence-corrected chi connectivity index (χ1v) is 11.3. The molecule has 0 radical (unpaired) electrons. The van der Waals surface area contributed by atoms with Gasteiger partial charge in [-0.2, -0.15) is 22.0 Å². The van der Waals surface area contributed by atoms with E-state index in [1.54, 1.807) is 0 Å². The third-order valence-electron chi connectivity index (χ3n) is 6.49. The van der Waals surface area contributed by atoms with Crippen molar-refractivity contribution in [3.63, 3.8) is 0 Å². The number of halogens is 5. The Morgan fingerprint density at radius 2 is 1.66 bits per heavy atom. The van der Waals surface area contributed by atoms with Crippen molar-refractivity contribution in [2.45, 2.75) is 75.0 Å². The molecule has 0 heterocycles. The molecular formula is C19H22F5O7S-. The maximum atomic E-state index is 13.7. The van der Waals surface area contributed by atoms with Crippen molar-refractivity contribution in [2.75, 3.05) is 0 Å². The minimum Gasteiger partial charge on any atom is -0.743 e. The number of esters is 2. The van der Waals surface area contributed by atoms with Gasteiger partial charge in [-0.1, -0.05) is 6.58 Å². The lowest BCUT2D eigenvalue weighted by atomic mass is 9.47. The second-order valence-corrected chi connectivity index (χ2v) is 10.9. The van der Waals surface area contributed by atoms with E-state index in [1.165, 1.54) is 6.92 Å². The Labute approximate surface area is 181 Å². The Kier molecular flexibility index (Phi) is 5.94. The van der Waals surface area contributed by atoms with Crippen molar-refractivity contribution in [3.05, 3.63) is 12.2 Å². The average Bonchev–Trinajstić information content (AvgIpc) is 2.55. The van der Waals surface area contributed by atoms with Gasteiger partial charge in [0.05, 0.1) is 6.42 Å². The van der Waals surface area contributed by atoms with E-state index < -0.39 is 57.0 Å². The first-order chi connectivity index (χ1) is 14.4. The molecule has 4 aliphatic rings. The lowest BCUT2D eigenvalue weighted by molar-refractivity contribution is -0.261. The molecule has 0 aromatic rings. The minimum atomic E-state index is -6.76. The van der Waals surface area contributed by atoms with Crippen molar-refractivity contribution < 1.29 is 54.0 Å². The molecule has 0 saturated heterocycles. The largest absolute Gasteiger partial charge is 0.743 e. The highest BCUT2D eigenvalue weighted by molar-refractivity contribution is 7.86. The van der Waals surface area contributed by atoms with Crippen LogP contribution in [0, 0.1) is 17.3 Å². The van der Waals surface area contributed by atoms with E-state index >= 15 is 0 Å². The van der Waals surface area contributed by atoms with Crippen molar-refractivity contribution >= 4 is 22.1 Å². The molecule has 182 valence electrons. The minimum absolute atomic E-state index is 0.0174. The van der Waals surface area contributed by atoms with Gasteiger partial charge in [0.25, 0.3) is 6.10 Å². The summed E-state index contributed by atoms with van der Waals surface area (Å²) in [5, 5.41) is -5.89. The summed E-state index contributed by atoms with van der Waals surface area (Å²) in [5.74, 6) is -2.30. The van der Waals surface area contributed by atoms with E-state index in [-0.39, 0.29) is 23.8 Å². The molecule has 4 rings (SSSR count). The molecule has 0 spiro atoms. The topological polar surface area (TPSA) is 110 Å². The fraction of sp³-hybridized carbons (Fsp3) is 0.789. The molecule has 3 atom stereocenters. The quantitative estimate of drug-likeness (QED) is 0.233. The van der Waals surface area contributed by atoms with E-state index in [9.17, 15) is 44.5 Å². The molecule has 0 amide bonds. The number of rotatable bonds is 7. The van der Waals surface area contributed by atoms with Gasteiger partial charge in [-0.3, -0.25) is 4.79 Å². The van der Waals surface area contributed by atoms with Crippen LogP contribution in [0.2, 0.25) is 0 Å². The van der Waals surface area contributed by atoms with Gasteiger partial charge in [0.1, 0.15) is 5.60 Å². The number of carbonyl (C=O) groups excluding carboxylic acids is 2. The van der Waals surface area contributed by atoms with E-state index in [1.807, 2.05) is 0 Å². The molecule has 0 aromatic carbocycles. The highest BCUT2D eigenvalue weighted by Crippen LogP contribution is 2.64. The van der Waals surface area contributed by atoms with Gasteiger partial charge in [-0.25, -0.2) is 13.2 Å². The number of carbonyl (C=O) groups is 2. The normalized spacial score (nSPS) is 33.0. The second-order valence-electron chi connectivity index (χ2n) is 9.42. The smallest absolute Gasteiger partial charge is 0.432 e. The van der Waals surface area contributed by atoms with Gasteiger partial charge in [0.2, 0.25) is 0 Å². The molecule has 4 bridgehead atoms. The summed E-state index contributed by atoms with van der Waals surface area (Å²) in [6, 6.07) is 0. The standard InChI is InChI=1S/C19H23F5O7S/c1-10(2)14(26)31-17-6-11-3-12(7-17)5-16(4-11,9-17)8-13(25)30-15(18(20,21)22)19(23,24)32(27,28)29/h11-12,15H,1,3-9H2,2H3,(H,27,28,29)/p-1.